The average molecular weight is 402 g/mol. The minimum atomic E-state index is -0.611. The second-order valence-corrected chi connectivity index (χ2v) is 8.22. The van der Waals surface area contributed by atoms with Gasteiger partial charge in [0.05, 0.1) is 6.04 Å². The van der Waals surface area contributed by atoms with Crippen molar-refractivity contribution in [3.63, 3.8) is 0 Å². The highest BCUT2D eigenvalue weighted by atomic mass is 16.5. The van der Waals surface area contributed by atoms with Crippen molar-refractivity contribution in [2.75, 3.05) is 0 Å². The minimum Gasteiger partial charge on any atom is -0.481 e. The zero-order chi connectivity index (χ0) is 21.7. The number of hydrogen-bond donors (Lipinski definition) is 1. The van der Waals surface area contributed by atoms with Crippen LogP contribution >= 0.6 is 0 Å². The fraction of sp³-hybridized carbons (Fsp3) is 0.296. The summed E-state index contributed by atoms with van der Waals surface area (Å²) in [5.74, 6) is 0.960. The Kier molecular flexibility index (Phi) is 6.94. The summed E-state index contributed by atoms with van der Waals surface area (Å²) < 4.78 is 6.13. The Morgan fingerprint density at radius 3 is 2.13 bits per heavy atom. The Hall–Kier alpha value is -3.07. The van der Waals surface area contributed by atoms with Crippen molar-refractivity contribution in [2.24, 2.45) is 0 Å². The standard InChI is InChI=1S/C27H31NO2/c1-18(2)24-15-14-20(4)17-25(24)30-21(5)27(29)28-26(22-11-7-6-8-12-22)23-13-9-10-19(3)16-23/h6-18,21,26H,1-5H3,(H,28,29). The highest BCUT2D eigenvalue weighted by Gasteiger charge is 2.23. The molecule has 30 heavy (non-hydrogen) atoms. The molecule has 0 aromatic heterocycles. The van der Waals surface area contributed by atoms with E-state index in [9.17, 15) is 4.79 Å². The molecule has 3 rings (SSSR count). The third kappa shape index (κ3) is 5.29. The first-order valence-corrected chi connectivity index (χ1v) is 10.5. The lowest BCUT2D eigenvalue weighted by Gasteiger charge is -2.24. The van der Waals surface area contributed by atoms with Crippen LogP contribution in [0.25, 0.3) is 0 Å². The summed E-state index contributed by atoms with van der Waals surface area (Å²) in [5, 5.41) is 3.20. The summed E-state index contributed by atoms with van der Waals surface area (Å²) in [6.07, 6.45) is -0.611. The van der Waals surface area contributed by atoms with Gasteiger partial charge in [-0.3, -0.25) is 4.79 Å². The van der Waals surface area contributed by atoms with Gasteiger partial charge in [-0.25, -0.2) is 0 Å². The molecule has 1 N–H and O–H groups in total. The summed E-state index contributed by atoms with van der Waals surface area (Å²) in [6, 6.07) is 24.2. The zero-order valence-electron chi connectivity index (χ0n) is 18.5. The van der Waals surface area contributed by atoms with E-state index < -0.39 is 6.10 Å². The largest absolute Gasteiger partial charge is 0.481 e. The van der Waals surface area contributed by atoms with Crippen molar-refractivity contribution in [1.82, 2.24) is 5.32 Å². The van der Waals surface area contributed by atoms with E-state index in [1.807, 2.05) is 55.5 Å². The summed E-state index contributed by atoms with van der Waals surface area (Å²) in [4.78, 5) is 13.1. The van der Waals surface area contributed by atoms with Gasteiger partial charge in [0.15, 0.2) is 6.10 Å². The summed E-state index contributed by atoms with van der Waals surface area (Å²) in [7, 11) is 0. The van der Waals surface area contributed by atoms with Gasteiger partial charge in [0, 0.05) is 0 Å². The molecule has 0 bridgehead atoms. The van der Waals surface area contributed by atoms with Crippen LogP contribution in [0.4, 0.5) is 0 Å². The lowest BCUT2D eigenvalue weighted by atomic mass is 9.97. The molecule has 3 aromatic carbocycles. The maximum atomic E-state index is 13.1. The molecular weight excluding hydrogens is 370 g/mol. The fourth-order valence-electron chi connectivity index (χ4n) is 3.58. The van der Waals surface area contributed by atoms with E-state index in [1.54, 1.807) is 6.92 Å². The predicted octanol–water partition coefficient (Wildman–Crippen LogP) is 6.10. The van der Waals surface area contributed by atoms with E-state index in [2.05, 4.69) is 50.4 Å². The molecule has 2 atom stereocenters. The van der Waals surface area contributed by atoms with Crippen molar-refractivity contribution in [3.05, 3.63) is 101 Å². The fourth-order valence-corrected chi connectivity index (χ4v) is 3.58. The first-order chi connectivity index (χ1) is 14.3. The SMILES string of the molecule is Cc1cccc(C(NC(=O)C(C)Oc2cc(C)ccc2C(C)C)c2ccccc2)c1. The van der Waals surface area contributed by atoms with Crippen LogP contribution in [0.1, 0.15) is 60.5 Å². The molecule has 156 valence electrons. The number of carbonyl (C=O) groups is 1. The zero-order valence-corrected chi connectivity index (χ0v) is 18.5. The molecule has 2 unspecified atom stereocenters. The molecule has 0 fully saturated rings. The van der Waals surface area contributed by atoms with E-state index >= 15 is 0 Å². The Bertz CT molecular complexity index is 995. The van der Waals surface area contributed by atoms with Crippen LogP contribution in [0.5, 0.6) is 5.75 Å². The number of aryl methyl sites for hydroxylation is 2. The summed E-state index contributed by atoms with van der Waals surface area (Å²) >= 11 is 0. The summed E-state index contributed by atoms with van der Waals surface area (Å²) in [6.45, 7) is 10.2. The molecule has 0 radical (unpaired) electrons. The van der Waals surface area contributed by atoms with E-state index in [0.29, 0.717) is 5.92 Å². The number of hydrogen-bond acceptors (Lipinski definition) is 2. The van der Waals surface area contributed by atoms with Gasteiger partial charge >= 0.3 is 0 Å². The maximum absolute atomic E-state index is 13.1. The van der Waals surface area contributed by atoms with E-state index in [0.717, 1.165) is 33.6 Å². The van der Waals surface area contributed by atoms with Crippen LogP contribution in [0.15, 0.2) is 72.8 Å². The Morgan fingerprint density at radius 2 is 1.47 bits per heavy atom. The quantitative estimate of drug-likeness (QED) is 0.519. The lowest BCUT2D eigenvalue weighted by Crippen LogP contribution is -2.39. The van der Waals surface area contributed by atoms with Gasteiger partial charge in [0.1, 0.15) is 5.75 Å². The van der Waals surface area contributed by atoms with Crippen LogP contribution in [-0.2, 0) is 4.79 Å². The van der Waals surface area contributed by atoms with Crippen molar-refractivity contribution >= 4 is 5.91 Å². The van der Waals surface area contributed by atoms with Gasteiger partial charge in [-0.1, -0.05) is 86.1 Å². The molecule has 0 aliphatic carbocycles. The van der Waals surface area contributed by atoms with Crippen LogP contribution in [0.3, 0.4) is 0 Å². The van der Waals surface area contributed by atoms with Crippen molar-refractivity contribution in [1.29, 1.82) is 0 Å². The number of benzene rings is 3. The third-order valence-corrected chi connectivity index (χ3v) is 5.26. The van der Waals surface area contributed by atoms with Crippen LogP contribution in [0, 0.1) is 13.8 Å². The van der Waals surface area contributed by atoms with Crippen molar-refractivity contribution < 1.29 is 9.53 Å². The number of amides is 1. The first-order valence-electron chi connectivity index (χ1n) is 10.5. The molecule has 1 amide bonds. The van der Waals surface area contributed by atoms with Crippen molar-refractivity contribution in [2.45, 2.75) is 52.7 Å². The minimum absolute atomic E-state index is 0.137. The number of nitrogens with one attached hydrogen (secondary N) is 1. The van der Waals surface area contributed by atoms with Gasteiger partial charge in [-0.15, -0.1) is 0 Å². The van der Waals surface area contributed by atoms with Crippen LogP contribution < -0.4 is 10.1 Å². The Morgan fingerprint density at radius 1 is 0.800 bits per heavy atom. The van der Waals surface area contributed by atoms with Gasteiger partial charge < -0.3 is 10.1 Å². The van der Waals surface area contributed by atoms with Crippen molar-refractivity contribution in [3.8, 4) is 5.75 Å². The molecule has 3 heteroatoms. The van der Waals surface area contributed by atoms with Gasteiger partial charge in [-0.05, 0) is 55.0 Å². The van der Waals surface area contributed by atoms with Gasteiger partial charge in [0.25, 0.3) is 5.91 Å². The molecule has 0 heterocycles. The molecule has 0 saturated heterocycles. The predicted molar refractivity (Wildman–Crippen MR) is 123 cm³/mol. The molecule has 3 aromatic rings. The molecule has 0 aliphatic rings. The van der Waals surface area contributed by atoms with Crippen LogP contribution in [0.2, 0.25) is 0 Å². The van der Waals surface area contributed by atoms with Gasteiger partial charge in [0.2, 0.25) is 0 Å². The molecular formula is C27H31NO2. The first kappa shape index (κ1) is 21.6. The average Bonchev–Trinajstić information content (AvgIpc) is 2.72. The van der Waals surface area contributed by atoms with Gasteiger partial charge in [-0.2, -0.15) is 0 Å². The lowest BCUT2D eigenvalue weighted by molar-refractivity contribution is -0.127. The summed E-state index contributed by atoms with van der Waals surface area (Å²) in [5.41, 5.74) is 5.48. The molecule has 0 aliphatic heterocycles. The molecule has 0 saturated carbocycles. The third-order valence-electron chi connectivity index (χ3n) is 5.26. The number of rotatable bonds is 7. The second kappa shape index (κ2) is 9.62. The molecule has 0 spiro atoms. The number of ether oxygens (including phenoxy) is 1. The maximum Gasteiger partial charge on any atom is 0.261 e. The smallest absolute Gasteiger partial charge is 0.261 e. The van der Waals surface area contributed by atoms with E-state index in [4.69, 9.17) is 4.74 Å². The number of carbonyl (C=O) groups excluding carboxylic acids is 1. The van der Waals surface area contributed by atoms with Crippen LogP contribution in [-0.4, -0.2) is 12.0 Å². The van der Waals surface area contributed by atoms with E-state index in [-0.39, 0.29) is 11.9 Å². The Balaban J connectivity index is 1.83. The highest BCUT2D eigenvalue weighted by Crippen LogP contribution is 2.29. The highest BCUT2D eigenvalue weighted by molar-refractivity contribution is 5.81. The topological polar surface area (TPSA) is 38.3 Å². The normalized spacial score (nSPS) is 13.0. The monoisotopic (exact) mass is 401 g/mol. The second-order valence-electron chi connectivity index (χ2n) is 8.22. The van der Waals surface area contributed by atoms with E-state index in [1.165, 1.54) is 0 Å². The Labute approximate surface area is 180 Å². The molecule has 3 nitrogen and oxygen atoms in total.